The maximum atomic E-state index is 11.4. The van der Waals surface area contributed by atoms with Crippen LogP contribution in [0.1, 0.15) is 6.92 Å². The summed E-state index contributed by atoms with van der Waals surface area (Å²) in [6.45, 7) is 1.97. The molecule has 0 radical (unpaired) electrons. The molecule has 2 aliphatic heterocycles. The Morgan fingerprint density at radius 2 is 2.15 bits per heavy atom. The van der Waals surface area contributed by atoms with Gasteiger partial charge in [0.2, 0.25) is 5.91 Å². The minimum Gasteiger partial charge on any atom is -0.334 e. The van der Waals surface area contributed by atoms with Crippen LogP contribution in [0.15, 0.2) is 0 Å². The van der Waals surface area contributed by atoms with Crippen LogP contribution >= 0.6 is 12.2 Å². The summed E-state index contributed by atoms with van der Waals surface area (Å²) in [5.74, 6) is -0.0510. The molecule has 0 saturated carbocycles. The predicted molar refractivity (Wildman–Crippen MR) is 51.8 cm³/mol. The van der Waals surface area contributed by atoms with Crippen molar-refractivity contribution in [1.82, 2.24) is 20.9 Å². The van der Waals surface area contributed by atoms with Crippen molar-refractivity contribution < 1.29 is 4.79 Å². The largest absolute Gasteiger partial charge is 0.334 e. The summed E-state index contributed by atoms with van der Waals surface area (Å²) < 4.78 is 0. The van der Waals surface area contributed by atoms with Crippen molar-refractivity contribution in [3.05, 3.63) is 0 Å². The first kappa shape index (κ1) is 8.86. The first-order valence-corrected chi connectivity index (χ1v) is 4.60. The second kappa shape index (κ2) is 2.90. The number of hydrogen-bond acceptors (Lipinski definition) is 4. The Morgan fingerprint density at radius 1 is 1.46 bits per heavy atom. The van der Waals surface area contributed by atoms with Crippen molar-refractivity contribution in [1.29, 1.82) is 0 Å². The van der Waals surface area contributed by atoms with Gasteiger partial charge in [0, 0.05) is 7.05 Å². The number of hydrogen-bond donors (Lipinski definition) is 3. The van der Waals surface area contributed by atoms with Gasteiger partial charge in [0.25, 0.3) is 0 Å². The topological polar surface area (TPSA) is 56.4 Å². The summed E-state index contributed by atoms with van der Waals surface area (Å²) in [5, 5.41) is 9.48. The minimum atomic E-state index is -0.202. The molecule has 0 spiro atoms. The van der Waals surface area contributed by atoms with Gasteiger partial charge in [-0.2, -0.15) is 0 Å². The molecule has 2 fully saturated rings. The van der Waals surface area contributed by atoms with E-state index in [1.807, 2.05) is 18.9 Å². The van der Waals surface area contributed by atoms with Crippen molar-refractivity contribution in [2.75, 3.05) is 7.05 Å². The molecule has 0 aliphatic carbocycles. The van der Waals surface area contributed by atoms with Crippen molar-refractivity contribution in [3.8, 4) is 0 Å². The van der Waals surface area contributed by atoms with Crippen molar-refractivity contribution in [3.63, 3.8) is 0 Å². The fourth-order valence-electron chi connectivity index (χ4n) is 1.71. The van der Waals surface area contributed by atoms with Crippen LogP contribution in [0.5, 0.6) is 0 Å². The molecule has 1 amide bonds. The summed E-state index contributed by atoms with van der Waals surface area (Å²) in [6, 6.07) is -0.202. The standard InChI is InChI=1S/C7H12N4OS/c1-3-8-4-5(9-3)11(2)7(13)10-6(4)12/h3-5,8-9H,1-2H3,(H,10,12,13). The molecule has 0 aromatic carbocycles. The van der Waals surface area contributed by atoms with E-state index in [0.717, 1.165) is 0 Å². The lowest BCUT2D eigenvalue weighted by Crippen LogP contribution is -2.64. The summed E-state index contributed by atoms with van der Waals surface area (Å²) in [4.78, 5) is 13.3. The Labute approximate surface area is 81.8 Å². The van der Waals surface area contributed by atoms with Crippen molar-refractivity contribution in [2.24, 2.45) is 0 Å². The second-order valence-electron chi connectivity index (χ2n) is 3.38. The average molecular weight is 200 g/mol. The van der Waals surface area contributed by atoms with Gasteiger partial charge < -0.3 is 10.2 Å². The van der Waals surface area contributed by atoms with E-state index in [1.165, 1.54) is 0 Å². The van der Waals surface area contributed by atoms with E-state index in [9.17, 15) is 4.79 Å². The smallest absolute Gasteiger partial charge is 0.246 e. The molecule has 2 rings (SSSR count). The fourth-order valence-corrected chi connectivity index (χ4v) is 1.93. The number of carbonyl (C=O) groups is 1. The lowest BCUT2D eigenvalue weighted by atomic mass is 10.2. The van der Waals surface area contributed by atoms with Gasteiger partial charge in [-0.15, -0.1) is 0 Å². The highest BCUT2D eigenvalue weighted by Gasteiger charge is 2.43. The normalized spacial score (nSPS) is 38.9. The quantitative estimate of drug-likeness (QED) is 0.418. The molecule has 5 nitrogen and oxygen atoms in total. The summed E-state index contributed by atoms with van der Waals surface area (Å²) in [5.41, 5.74) is 0. The molecule has 6 heteroatoms. The first-order chi connectivity index (χ1) is 6.09. The summed E-state index contributed by atoms with van der Waals surface area (Å²) in [6.07, 6.45) is 0.125. The van der Waals surface area contributed by atoms with Crippen LogP contribution in [0.25, 0.3) is 0 Å². The van der Waals surface area contributed by atoms with Crippen molar-refractivity contribution >= 4 is 23.2 Å². The molecule has 0 aromatic heterocycles. The van der Waals surface area contributed by atoms with Gasteiger partial charge in [0.15, 0.2) is 5.11 Å². The number of nitrogens with zero attached hydrogens (tertiary/aromatic N) is 1. The van der Waals surface area contributed by atoms with Crippen LogP contribution < -0.4 is 16.0 Å². The second-order valence-corrected chi connectivity index (χ2v) is 3.77. The molecule has 2 heterocycles. The molecule has 72 valence electrons. The fraction of sp³-hybridized carbons (Fsp3) is 0.714. The molecular weight excluding hydrogens is 188 g/mol. The van der Waals surface area contributed by atoms with Gasteiger partial charge in [-0.3, -0.25) is 15.4 Å². The molecule has 0 bridgehead atoms. The Balaban J connectivity index is 2.22. The van der Waals surface area contributed by atoms with Crippen LogP contribution in [-0.4, -0.2) is 41.3 Å². The lowest BCUT2D eigenvalue weighted by molar-refractivity contribution is -0.123. The van der Waals surface area contributed by atoms with E-state index in [1.54, 1.807) is 0 Å². The molecule has 3 N–H and O–H groups in total. The van der Waals surface area contributed by atoms with Crippen LogP contribution in [0, 0.1) is 0 Å². The zero-order valence-electron chi connectivity index (χ0n) is 7.50. The molecule has 3 atom stereocenters. The number of amides is 1. The van der Waals surface area contributed by atoms with E-state index >= 15 is 0 Å². The van der Waals surface area contributed by atoms with Gasteiger partial charge in [0.05, 0.1) is 6.17 Å². The third-order valence-electron chi connectivity index (χ3n) is 2.42. The number of thiocarbonyl (C=S) groups is 1. The average Bonchev–Trinajstić information content (AvgIpc) is 2.44. The molecular formula is C7H12N4OS. The molecule has 2 saturated heterocycles. The van der Waals surface area contributed by atoms with Gasteiger partial charge in [-0.05, 0) is 19.1 Å². The van der Waals surface area contributed by atoms with E-state index in [-0.39, 0.29) is 24.3 Å². The summed E-state index contributed by atoms with van der Waals surface area (Å²) in [7, 11) is 1.87. The zero-order chi connectivity index (χ0) is 9.59. The molecule has 2 aliphatic rings. The highest BCUT2D eigenvalue weighted by atomic mass is 32.1. The Bertz CT molecular complexity index is 269. The van der Waals surface area contributed by atoms with E-state index < -0.39 is 0 Å². The SMILES string of the molecule is CC1NC2C(=O)NC(=S)N(C)C2N1. The maximum absolute atomic E-state index is 11.4. The molecule has 13 heavy (non-hydrogen) atoms. The predicted octanol–water partition coefficient (Wildman–Crippen LogP) is -1.43. The van der Waals surface area contributed by atoms with Gasteiger partial charge in [0.1, 0.15) is 12.2 Å². The summed E-state index contributed by atoms with van der Waals surface area (Å²) >= 11 is 4.99. The van der Waals surface area contributed by atoms with E-state index in [2.05, 4.69) is 16.0 Å². The molecule has 3 unspecified atom stereocenters. The Kier molecular flexibility index (Phi) is 1.98. The van der Waals surface area contributed by atoms with Crippen LogP contribution in [0.3, 0.4) is 0 Å². The molecule has 0 aromatic rings. The highest BCUT2D eigenvalue weighted by molar-refractivity contribution is 7.80. The number of nitrogens with one attached hydrogen (secondary N) is 3. The van der Waals surface area contributed by atoms with Gasteiger partial charge in [-0.1, -0.05) is 0 Å². The third-order valence-corrected chi connectivity index (χ3v) is 2.81. The maximum Gasteiger partial charge on any atom is 0.246 e. The first-order valence-electron chi connectivity index (χ1n) is 4.19. The number of rotatable bonds is 0. The Morgan fingerprint density at radius 3 is 2.85 bits per heavy atom. The van der Waals surface area contributed by atoms with Crippen LogP contribution in [0.4, 0.5) is 0 Å². The monoisotopic (exact) mass is 200 g/mol. The number of fused-ring (bicyclic) bond motifs is 1. The van der Waals surface area contributed by atoms with Crippen LogP contribution in [0.2, 0.25) is 0 Å². The highest BCUT2D eigenvalue weighted by Crippen LogP contribution is 2.12. The van der Waals surface area contributed by atoms with Crippen LogP contribution in [-0.2, 0) is 4.79 Å². The number of likely N-dealkylation sites (N-methyl/N-ethyl adjacent to an activating group) is 1. The lowest BCUT2D eigenvalue weighted by Gasteiger charge is -2.35. The van der Waals surface area contributed by atoms with E-state index in [0.29, 0.717) is 5.11 Å². The van der Waals surface area contributed by atoms with Gasteiger partial charge >= 0.3 is 0 Å². The Hall–Kier alpha value is -0.720. The zero-order valence-corrected chi connectivity index (χ0v) is 8.31. The number of carbonyl (C=O) groups excluding carboxylic acids is 1. The van der Waals surface area contributed by atoms with Gasteiger partial charge in [-0.25, -0.2) is 0 Å². The van der Waals surface area contributed by atoms with Crippen molar-refractivity contribution in [2.45, 2.75) is 25.3 Å². The minimum absolute atomic E-state index is 0.0174. The van der Waals surface area contributed by atoms with E-state index in [4.69, 9.17) is 12.2 Å². The third kappa shape index (κ3) is 1.31.